The van der Waals surface area contributed by atoms with Gasteiger partial charge in [0.05, 0.1) is 25.1 Å². The van der Waals surface area contributed by atoms with Crippen molar-refractivity contribution in [1.82, 2.24) is 4.72 Å². The lowest BCUT2D eigenvalue weighted by Crippen LogP contribution is -2.34. The molecular formula is C15H25IN4O3S. The van der Waals surface area contributed by atoms with E-state index in [-0.39, 0.29) is 42.2 Å². The van der Waals surface area contributed by atoms with Crippen molar-refractivity contribution in [2.75, 3.05) is 31.3 Å². The molecule has 1 aromatic carbocycles. The molecule has 0 aromatic heterocycles. The molecule has 1 saturated carbocycles. The molecule has 0 amide bonds. The summed E-state index contributed by atoms with van der Waals surface area (Å²) < 4.78 is 31.5. The van der Waals surface area contributed by atoms with Gasteiger partial charge in [0.2, 0.25) is 10.0 Å². The molecule has 2 rings (SSSR count). The Kier molecular flexibility index (Phi) is 8.78. The molecule has 1 aliphatic carbocycles. The highest BCUT2D eigenvalue weighted by Gasteiger charge is 2.19. The van der Waals surface area contributed by atoms with Crippen LogP contribution in [0.15, 0.2) is 29.3 Å². The molecule has 0 aliphatic heterocycles. The zero-order chi connectivity index (χ0) is 16.7. The van der Waals surface area contributed by atoms with Gasteiger partial charge in [-0.3, -0.25) is 4.99 Å². The van der Waals surface area contributed by atoms with Gasteiger partial charge in [0.25, 0.3) is 0 Å². The third kappa shape index (κ3) is 6.81. The van der Waals surface area contributed by atoms with Crippen molar-refractivity contribution in [3.05, 3.63) is 24.3 Å². The predicted molar refractivity (Wildman–Crippen MR) is 108 cm³/mol. The molecule has 0 unspecified atom stereocenters. The van der Waals surface area contributed by atoms with Gasteiger partial charge in [-0.2, -0.15) is 0 Å². The first-order chi connectivity index (χ1) is 11.0. The third-order valence-electron chi connectivity index (χ3n) is 3.83. The Morgan fingerprint density at radius 2 is 2.08 bits per heavy atom. The van der Waals surface area contributed by atoms with Crippen LogP contribution in [0.2, 0.25) is 0 Å². The number of nitrogens with two attached hydrogens (primary N) is 1. The molecule has 136 valence electrons. The zero-order valence-corrected chi connectivity index (χ0v) is 16.8. The van der Waals surface area contributed by atoms with Crippen LogP contribution < -0.4 is 20.5 Å². The first-order valence-electron chi connectivity index (χ1n) is 7.67. The lowest BCUT2D eigenvalue weighted by atomic mass is 9.86. The zero-order valence-electron chi connectivity index (χ0n) is 13.7. The Morgan fingerprint density at radius 3 is 2.71 bits per heavy atom. The van der Waals surface area contributed by atoms with Crippen molar-refractivity contribution in [3.63, 3.8) is 0 Å². The van der Waals surface area contributed by atoms with Gasteiger partial charge in [-0.1, -0.05) is 18.6 Å². The first kappa shape index (κ1) is 21.0. The average Bonchev–Trinajstić information content (AvgIpc) is 2.45. The molecule has 0 spiro atoms. The van der Waals surface area contributed by atoms with Crippen LogP contribution in [0.5, 0.6) is 5.75 Å². The Bertz CT molecular complexity index is 648. The van der Waals surface area contributed by atoms with Gasteiger partial charge in [0, 0.05) is 6.54 Å². The molecule has 0 saturated heterocycles. The summed E-state index contributed by atoms with van der Waals surface area (Å²) in [5.74, 6) is 1.21. The van der Waals surface area contributed by atoms with Gasteiger partial charge in [-0.25, -0.2) is 13.1 Å². The number of para-hydroxylation sites is 2. The molecule has 24 heavy (non-hydrogen) atoms. The summed E-state index contributed by atoms with van der Waals surface area (Å²) >= 11 is 0. The lowest BCUT2D eigenvalue weighted by molar-refractivity contribution is 0.316. The summed E-state index contributed by atoms with van der Waals surface area (Å²) in [5.41, 5.74) is 6.46. The summed E-state index contributed by atoms with van der Waals surface area (Å²) in [6.45, 7) is 0.634. The van der Waals surface area contributed by atoms with Crippen molar-refractivity contribution in [2.24, 2.45) is 16.6 Å². The number of guanidine groups is 1. The molecule has 0 bridgehead atoms. The number of benzene rings is 1. The maximum Gasteiger partial charge on any atom is 0.213 e. The van der Waals surface area contributed by atoms with Gasteiger partial charge in [0.1, 0.15) is 5.75 Å². The summed E-state index contributed by atoms with van der Waals surface area (Å²) in [5, 5.41) is 2.90. The smallest absolute Gasteiger partial charge is 0.213 e. The number of ether oxygens (including phenoxy) is 1. The summed E-state index contributed by atoms with van der Waals surface area (Å²) in [7, 11) is -1.74. The van der Waals surface area contributed by atoms with Crippen molar-refractivity contribution in [2.45, 2.75) is 19.3 Å². The standard InChI is InChI=1S/C15H24N4O3S.HI/c1-22-14-8-3-2-7-13(14)19-15(16)17-9-10-23(20,21)18-11-12-5-4-6-12;/h2-3,7-8,12,18H,4-6,9-11H2,1H3,(H3,16,17,19);1H. The Morgan fingerprint density at radius 1 is 1.38 bits per heavy atom. The van der Waals surface area contributed by atoms with Gasteiger partial charge in [0.15, 0.2) is 5.96 Å². The molecule has 0 heterocycles. The number of halogens is 1. The number of methoxy groups -OCH3 is 1. The van der Waals surface area contributed by atoms with E-state index in [4.69, 9.17) is 10.5 Å². The van der Waals surface area contributed by atoms with Crippen molar-refractivity contribution in [3.8, 4) is 5.75 Å². The van der Waals surface area contributed by atoms with Crippen LogP contribution in [0.3, 0.4) is 0 Å². The summed E-state index contributed by atoms with van der Waals surface area (Å²) in [4.78, 5) is 4.05. The molecule has 1 aliphatic rings. The van der Waals surface area contributed by atoms with Gasteiger partial charge in [-0.15, -0.1) is 24.0 Å². The third-order valence-corrected chi connectivity index (χ3v) is 5.16. The average molecular weight is 468 g/mol. The lowest BCUT2D eigenvalue weighted by Gasteiger charge is -2.25. The predicted octanol–water partition coefficient (Wildman–Crippen LogP) is 1.76. The second kappa shape index (κ2) is 10.0. The quantitative estimate of drug-likeness (QED) is 0.306. The SMILES string of the molecule is COc1ccccc1NC(N)=NCCS(=O)(=O)NCC1CCC1.I. The normalized spacial score (nSPS) is 15.3. The minimum absolute atomic E-state index is 0. The summed E-state index contributed by atoms with van der Waals surface area (Å²) in [6, 6.07) is 7.28. The van der Waals surface area contributed by atoms with Crippen LogP contribution in [0.1, 0.15) is 19.3 Å². The number of nitrogens with one attached hydrogen (secondary N) is 2. The molecule has 1 aromatic rings. The fourth-order valence-corrected chi connectivity index (χ4v) is 3.19. The first-order valence-corrected chi connectivity index (χ1v) is 9.32. The fourth-order valence-electron chi connectivity index (χ4n) is 2.23. The molecular weight excluding hydrogens is 443 g/mol. The second-order valence-corrected chi connectivity index (χ2v) is 7.48. The van der Waals surface area contributed by atoms with Crippen molar-refractivity contribution < 1.29 is 13.2 Å². The van der Waals surface area contributed by atoms with E-state index in [9.17, 15) is 8.42 Å². The highest BCUT2D eigenvalue weighted by Crippen LogP contribution is 2.25. The van der Waals surface area contributed by atoms with E-state index in [1.54, 1.807) is 19.2 Å². The van der Waals surface area contributed by atoms with Gasteiger partial charge in [-0.05, 0) is 30.9 Å². The number of hydrogen-bond donors (Lipinski definition) is 3. The molecule has 0 atom stereocenters. The number of nitrogens with zero attached hydrogens (tertiary/aromatic N) is 1. The van der Waals surface area contributed by atoms with Crippen molar-refractivity contribution in [1.29, 1.82) is 0 Å². The fraction of sp³-hybridized carbons (Fsp3) is 0.533. The Hall–Kier alpha value is -1.07. The summed E-state index contributed by atoms with van der Waals surface area (Å²) in [6.07, 6.45) is 3.41. The van der Waals surface area contributed by atoms with E-state index in [0.717, 1.165) is 12.8 Å². The van der Waals surface area contributed by atoms with Crippen LogP contribution in [0.25, 0.3) is 0 Å². The van der Waals surface area contributed by atoms with Crippen LogP contribution in [0.4, 0.5) is 5.69 Å². The van der Waals surface area contributed by atoms with E-state index in [1.807, 2.05) is 12.1 Å². The van der Waals surface area contributed by atoms with E-state index in [0.29, 0.717) is 23.9 Å². The molecule has 1 fully saturated rings. The number of hydrogen-bond acceptors (Lipinski definition) is 4. The minimum atomic E-state index is -3.30. The van der Waals surface area contributed by atoms with Crippen molar-refractivity contribution >= 4 is 45.6 Å². The second-order valence-electron chi connectivity index (χ2n) is 5.56. The molecule has 4 N–H and O–H groups in total. The van der Waals surface area contributed by atoms with E-state index < -0.39 is 10.0 Å². The molecule has 0 radical (unpaired) electrons. The van der Waals surface area contributed by atoms with E-state index >= 15 is 0 Å². The van der Waals surface area contributed by atoms with Crippen LogP contribution in [-0.4, -0.2) is 40.3 Å². The number of sulfonamides is 1. The number of anilines is 1. The maximum atomic E-state index is 11.9. The largest absolute Gasteiger partial charge is 0.495 e. The highest BCUT2D eigenvalue weighted by molar-refractivity contribution is 14.0. The van der Waals surface area contributed by atoms with Crippen LogP contribution in [-0.2, 0) is 10.0 Å². The Labute approximate surface area is 160 Å². The van der Waals surface area contributed by atoms with E-state index in [1.165, 1.54) is 6.42 Å². The van der Waals surface area contributed by atoms with Gasteiger partial charge < -0.3 is 15.8 Å². The van der Waals surface area contributed by atoms with E-state index in [2.05, 4.69) is 15.0 Å². The minimum Gasteiger partial charge on any atom is -0.495 e. The van der Waals surface area contributed by atoms with Crippen LogP contribution in [0, 0.1) is 5.92 Å². The Balaban J connectivity index is 0.00000288. The van der Waals surface area contributed by atoms with Gasteiger partial charge >= 0.3 is 0 Å². The molecule has 9 heteroatoms. The molecule has 7 nitrogen and oxygen atoms in total. The topological polar surface area (TPSA) is 106 Å². The highest BCUT2D eigenvalue weighted by atomic mass is 127. The maximum absolute atomic E-state index is 11.9. The number of aliphatic imine (C=N–C) groups is 1. The van der Waals surface area contributed by atoms with Crippen LogP contribution >= 0.6 is 24.0 Å². The number of rotatable bonds is 8. The monoisotopic (exact) mass is 468 g/mol.